The fraction of sp³-hybridized carbons (Fsp3) is 0.300. The summed E-state index contributed by atoms with van der Waals surface area (Å²) >= 11 is 0. The van der Waals surface area contributed by atoms with Crippen LogP contribution in [0.5, 0.6) is 5.75 Å². The topological polar surface area (TPSA) is 67.2 Å². The van der Waals surface area contributed by atoms with Gasteiger partial charge in [-0.05, 0) is 12.1 Å². The van der Waals surface area contributed by atoms with Crippen LogP contribution in [0.25, 0.3) is 0 Å². The third-order valence-corrected chi connectivity index (χ3v) is 2.69. The van der Waals surface area contributed by atoms with Gasteiger partial charge in [0.05, 0.1) is 11.3 Å². The minimum atomic E-state index is -3.09. The van der Waals surface area contributed by atoms with Gasteiger partial charge < -0.3 is 4.74 Å². The third kappa shape index (κ3) is 3.87. The van der Waals surface area contributed by atoms with Crippen LogP contribution in [-0.2, 0) is 9.84 Å². The normalized spacial score (nSPS) is 10.8. The molecule has 0 heterocycles. The Kier molecular flexibility index (Phi) is 3.85. The van der Waals surface area contributed by atoms with E-state index >= 15 is 0 Å². The van der Waals surface area contributed by atoms with Gasteiger partial charge >= 0.3 is 0 Å². The lowest BCUT2D eigenvalue weighted by Crippen LogP contribution is -2.12. The Bertz CT molecular complexity index is 519. The monoisotopic (exact) mass is 243 g/mol. The molecule has 0 fully saturated rings. The first-order valence-corrected chi connectivity index (χ1v) is 6.48. The summed E-state index contributed by atoms with van der Waals surface area (Å²) in [6.45, 7) is -0.0375. The summed E-state index contributed by atoms with van der Waals surface area (Å²) in [6, 6.07) is 5.44. The van der Waals surface area contributed by atoms with Crippen molar-refractivity contribution in [3.05, 3.63) is 29.6 Å². The Hall–Kier alpha value is -1.61. The predicted octanol–water partition coefficient (Wildman–Crippen LogP) is 1.12. The van der Waals surface area contributed by atoms with E-state index in [1.165, 1.54) is 12.1 Å². The molecule has 0 aromatic heterocycles. The van der Waals surface area contributed by atoms with E-state index in [0.29, 0.717) is 0 Å². The molecule has 0 radical (unpaired) electrons. The minimum Gasteiger partial charge on any atom is -0.492 e. The van der Waals surface area contributed by atoms with Gasteiger partial charge in [-0.2, -0.15) is 5.26 Å². The van der Waals surface area contributed by atoms with Gasteiger partial charge in [-0.15, -0.1) is 0 Å². The maximum Gasteiger partial charge on any atom is 0.150 e. The Morgan fingerprint density at radius 2 is 2.19 bits per heavy atom. The standard InChI is InChI=1S/C10H10FNO3S/c1-16(13,14)5-4-15-9-3-2-8(7-12)10(11)6-9/h2-3,6H,4-5H2,1H3. The molecule has 1 aromatic rings. The van der Waals surface area contributed by atoms with Crippen molar-refractivity contribution >= 4 is 9.84 Å². The molecule has 0 aliphatic carbocycles. The van der Waals surface area contributed by atoms with Crippen molar-refractivity contribution in [1.29, 1.82) is 5.26 Å². The summed E-state index contributed by atoms with van der Waals surface area (Å²) in [4.78, 5) is 0. The molecular formula is C10H10FNO3S. The van der Waals surface area contributed by atoms with Gasteiger partial charge in [0.15, 0.2) is 9.84 Å². The van der Waals surface area contributed by atoms with E-state index in [1.54, 1.807) is 6.07 Å². The molecule has 0 spiro atoms. The highest BCUT2D eigenvalue weighted by atomic mass is 32.2. The average molecular weight is 243 g/mol. The van der Waals surface area contributed by atoms with E-state index in [2.05, 4.69) is 0 Å². The Labute approximate surface area is 93.2 Å². The van der Waals surface area contributed by atoms with E-state index in [4.69, 9.17) is 10.00 Å². The molecule has 0 N–H and O–H groups in total. The van der Waals surface area contributed by atoms with Crippen molar-refractivity contribution in [3.8, 4) is 11.8 Å². The Balaban J connectivity index is 2.63. The zero-order valence-electron chi connectivity index (χ0n) is 8.60. The second-order valence-corrected chi connectivity index (χ2v) is 5.49. The lowest BCUT2D eigenvalue weighted by molar-refractivity contribution is 0.339. The summed E-state index contributed by atoms with van der Waals surface area (Å²) < 4.78 is 39.7. The van der Waals surface area contributed by atoms with Crippen molar-refractivity contribution in [2.24, 2.45) is 0 Å². The number of nitrogens with zero attached hydrogens (tertiary/aromatic N) is 1. The highest BCUT2D eigenvalue weighted by Crippen LogP contribution is 2.15. The number of ether oxygens (including phenoxy) is 1. The SMILES string of the molecule is CS(=O)(=O)CCOc1ccc(C#N)c(F)c1. The highest BCUT2D eigenvalue weighted by molar-refractivity contribution is 7.90. The van der Waals surface area contributed by atoms with Gasteiger partial charge in [-0.1, -0.05) is 0 Å². The fourth-order valence-corrected chi connectivity index (χ4v) is 1.37. The predicted molar refractivity (Wildman–Crippen MR) is 56.3 cm³/mol. The van der Waals surface area contributed by atoms with E-state index in [-0.39, 0.29) is 23.7 Å². The molecular weight excluding hydrogens is 233 g/mol. The molecule has 16 heavy (non-hydrogen) atoms. The lowest BCUT2D eigenvalue weighted by atomic mass is 10.2. The lowest BCUT2D eigenvalue weighted by Gasteiger charge is -2.05. The van der Waals surface area contributed by atoms with Crippen molar-refractivity contribution in [3.63, 3.8) is 0 Å². The summed E-state index contributed by atoms with van der Waals surface area (Å²) in [6.07, 6.45) is 1.09. The average Bonchev–Trinajstić information content (AvgIpc) is 2.16. The smallest absolute Gasteiger partial charge is 0.150 e. The molecule has 0 saturated carbocycles. The van der Waals surface area contributed by atoms with Crippen LogP contribution in [0.1, 0.15) is 5.56 Å². The Morgan fingerprint density at radius 3 is 2.69 bits per heavy atom. The Morgan fingerprint density at radius 1 is 1.50 bits per heavy atom. The molecule has 0 saturated heterocycles. The summed E-state index contributed by atoms with van der Waals surface area (Å²) in [5, 5.41) is 8.48. The van der Waals surface area contributed by atoms with Crippen molar-refractivity contribution in [1.82, 2.24) is 0 Å². The van der Waals surface area contributed by atoms with Gasteiger partial charge in [0.25, 0.3) is 0 Å². The van der Waals surface area contributed by atoms with Gasteiger partial charge in [0, 0.05) is 12.3 Å². The summed E-state index contributed by atoms with van der Waals surface area (Å²) in [5.74, 6) is -0.603. The molecule has 0 atom stereocenters. The maximum absolute atomic E-state index is 13.1. The highest BCUT2D eigenvalue weighted by Gasteiger charge is 2.05. The van der Waals surface area contributed by atoms with Gasteiger partial charge in [0.2, 0.25) is 0 Å². The van der Waals surface area contributed by atoms with Crippen molar-refractivity contribution in [2.45, 2.75) is 0 Å². The van der Waals surface area contributed by atoms with Crippen molar-refractivity contribution < 1.29 is 17.5 Å². The van der Waals surface area contributed by atoms with E-state index in [1.807, 2.05) is 0 Å². The third-order valence-electron chi connectivity index (χ3n) is 1.78. The molecule has 1 rings (SSSR count). The molecule has 86 valence electrons. The number of benzene rings is 1. The first kappa shape index (κ1) is 12.5. The van der Waals surface area contributed by atoms with Gasteiger partial charge in [0.1, 0.15) is 24.2 Å². The zero-order valence-corrected chi connectivity index (χ0v) is 9.42. The largest absolute Gasteiger partial charge is 0.492 e. The van der Waals surface area contributed by atoms with E-state index in [9.17, 15) is 12.8 Å². The van der Waals surface area contributed by atoms with Crippen LogP contribution in [0.4, 0.5) is 4.39 Å². The minimum absolute atomic E-state index is 0.0375. The molecule has 6 heteroatoms. The van der Waals surface area contributed by atoms with Crippen LogP contribution in [0, 0.1) is 17.1 Å². The fourth-order valence-electron chi connectivity index (χ4n) is 0.987. The van der Waals surface area contributed by atoms with Crippen LogP contribution in [0.15, 0.2) is 18.2 Å². The molecule has 1 aromatic carbocycles. The second kappa shape index (κ2) is 4.94. The molecule has 0 aliphatic heterocycles. The first-order chi connectivity index (χ1) is 7.42. The molecule has 0 bridgehead atoms. The quantitative estimate of drug-likeness (QED) is 0.794. The number of halogens is 1. The molecule has 0 aliphatic rings. The van der Waals surface area contributed by atoms with Crippen LogP contribution in [0.3, 0.4) is 0 Å². The van der Waals surface area contributed by atoms with Gasteiger partial charge in [-0.25, -0.2) is 12.8 Å². The summed E-state index contributed by atoms with van der Waals surface area (Å²) in [7, 11) is -3.09. The van der Waals surface area contributed by atoms with Crippen LogP contribution >= 0.6 is 0 Å². The second-order valence-electron chi connectivity index (χ2n) is 3.23. The van der Waals surface area contributed by atoms with Crippen molar-refractivity contribution in [2.75, 3.05) is 18.6 Å². The molecule has 4 nitrogen and oxygen atoms in total. The molecule has 0 unspecified atom stereocenters. The van der Waals surface area contributed by atoms with Gasteiger partial charge in [-0.3, -0.25) is 0 Å². The number of sulfone groups is 1. The van der Waals surface area contributed by atoms with E-state index < -0.39 is 15.7 Å². The summed E-state index contributed by atoms with van der Waals surface area (Å²) in [5.41, 5.74) is -0.0736. The zero-order chi connectivity index (χ0) is 12.2. The maximum atomic E-state index is 13.1. The first-order valence-electron chi connectivity index (χ1n) is 4.42. The number of hydrogen-bond donors (Lipinski definition) is 0. The number of hydrogen-bond acceptors (Lipinski definition) is 4. The van der Waals surface area contributed by atoms with Crippen LogP contribution in [-0.4, -0.2) is 27.0 Å². The van der Waals surface area contributed by atoms with Crippen LogP contribution < -0.4 is 4.74 Å². The number of rotatable bonds is 4. The molecule has 0 amide bonds. The van der Waals surface area contributed by atoms with E-state index in [0.717, 1.165) is 12.3 Å². The number of nitriles is 1. The van der Waals surface area contributed by atoms with Crippen LogP contribution in [0.2, 0.25) is 0 Å².